The molecule has 0 aliphatic carbocycles. The number of rotatable bonds is 3. The largest absolute Gasteiger partial charge is 0.330 e. The van der Waals surface area contributed by atoms with Gasteiger partial charge in [0.1, 0.15) is 0 Å². The lowest BCUT2D eigenvalue weighted by Gasteiger charge is -2.39. The van der Waals surface area contributed by atoms with Crippen LogP contribution in [-0.4, -0.2) is 43.5 Å². The number of nitrogens with zero attached hydrogens (tertiary/aromatic N) is 2. The Balaban J connectivity index is 2.16. The second-order valence-electron chi connectivity index (χ2n) is 4.63. The summed E-state index contributed by atoms with van der Waals surface area (Å²) in [6, 6.07) is 8.19. The van der Waals surface area contributed by atoms with Crippen molar-refractivity contribution in [1.82, 2.24) is 4.90 Å². The Morgan fingerprint density at radius 1 is 1.39 bits per heavy atom. The van der Waals surface area contributed by atoms with Crippen molar-refractivity contribution in [2.24, 2.45) is 5.73 Å². The minimum Gasteiger partial charge on any atom is -0.330 e. The zero-order valence-corrected chi connectivity index (χ0v) is 12.1. The SMILES string of the molecule is CN1CC(=O)N(c2ccc(Br)cc2)CC1CCN. The van der Waals surface area contributed by atoms with Crippen LogP contribution in [0.3, 0.4) is 0 Å². The lowest BCUT2D eigenvalue weighted by molar-refractivity contribution is -0.122. The average molecular weight is 312 g/mol. The van der Waals surface area contributed by atoms with Gasteiger partial charge in [-0.05, 0) is 44.3 Å². The highest BCUT2D eigenvalue weighted by Gasteiger charge is 2.29. The minimum absolute atomic E-state index is 0.146. The summed E-state index contributed by atoms with van der Waals surface area (Å²) in [5.41, 5.74) is 6.58. The second kappa shape index (κ2) is 5.82. The molecule has 0 radical (unpaired) electrons. The van der Waals surface area contributed by atoms with E-state index in [1.165, 1.54) is 0 Å². The van der Waals surface area contributed by atoms with Gasteiger partial charge in [0, 0.05) is 22.7 Å². The first kappa shape index (κ1) is 13.5. The quantitative estimate of drug-likeness (QED) is 0.919. The summed E-state index contributed by atoms with van der Waals surface area (Å²) in [6.07, 6.45) is 0.914. The number of carbonyl (C=O) groups is 1. The molecule has 0 saturated carbocycles. The third-order valence-electron chi connectivity index (χ3n) is 3.34. The lowest BCUT2D eigenvalue weighted by atomic mass is 10.1. The highest BCUT2D eigenvalue weighted by atomic mass is 79.9. The van der Waals surface area contributed by atoms with E-state index in [1.54, 1.807) is 0 Å². The Labute approximate surface area is 116 Å². The molecule has 1 saturated heterocycles. The summed E-state index contributed by atoms with van der Waals surface area (Å²) in [5, 5.41) is 0. The molecule has 2 N–H and O–H groups in total. The van der Waals surface area contributed by atoms with Gasteiger partial charge in [0.15, 0.2) is 0 Å². The van der Waals surface area contributed by atoms with Crippen LogP contribution in [0.4, 0.5) is 5.69 Å². The fourth-order valence-electron chi connectivity index (χ4n) is 2.25. The Morgan fingerprint density at radius 3 is 2.67 bits per heavy atom. The molecule has 2 rings (SSSR count). The normalized spacial score (nSPS) is 21.4. The molecule has 0 spiro atoms. The molecule has 1 heterocycles. The van der Waals surface area contributed by atoms with Gasteiger partial charge < -0.3 is 10.6 Å². The predicted octanol–water partition coefficient (Wildman–Crippen LogP) is 1.44. The van der Waals surface area contributed by atoms with E-state index >= 15 is 0 Å². The van der Waals surface area contributed by atoms with E-state index in [1.807, 2.05) is 36.2 Å². The molecule has 1 amide bonds. The van der Waals surface area contributed by atoms with E-state index in [2.05, 4.69) is 20.8 Å². The van der Waals surface area contributed by atoms with Crippen molar-refractivity contribution in [2.45, 2.75) is 12.5 Å². The predicted molar refractivity (Wildman–Crippen MR) is 76.6 cm³/mol. The van der Waals surface area contributed by atoms with Gasteiger partial charge in [0.05, 0.1) is 6.54 Å². The first-order valence-corrected chi connectivity index (χ1v) is 6.87. The minimum atomic E-state index is 0.146. The molecular weight excluding hydrogens is 294 g/mol. The molecule has 1 atom stereocenters. The number of hydrogen-bond donors (Lipinski definition) is 1. The van der Waals surface area contributed by atoms with E-state index < -0.39 is 0 Å². The van der Waals surface area contributed by atoms with Crippen LogP contribution in [-0.2, 0) is 4.79 Å². The summed E-state index contributed by atoms with van der Waals surface area (Å²) in [6.45, 7) is 1.83. The van der Waals surface area contributed by atoms with Gasteiger partial charge >= 0.3 is 0 Å². The third-order valence-corrected chi connectivity index (χ3v) is 3.87. The number of amides is 1. The van der Waals surface area contributed by atoms with Crippen LogP contribution in [0.5, 0.6) is 0 Å². The topological polar surface area (TPSA) is 49.6 Å². The summed E-state index contributed by atoms with van der Waals surface area (Å²) < 4.78 is 1.02. The monoisotopic (exact) mass is 311 g/mol. The number of carbonyl (C=O) groups excluding carboxylic acids is 1. The van der Waals surface area contributed by atoms with Gasteiger partial charge in [-0.25, -0.2) is 0 Å². The Bertz CT molecular complexity index is 421. The number of halogens is 1. The van der Waals surface area contributed by atoms with E-state index in [0.29, 0.717) is 25.7 Å². The van der Waals surface area contributed by atoms with Crippen molar-refractivity contribution >= 4 is 27.5 Å². The number of hydrogen-bond acceptors (Lipinski definition) is 3. The smallest absolute Gasteiger partial charge is 0.241 e. The third kappa shape index (κ3) is 2.91. The Kier molecular flexibility index (Phi) is 4.37. The first-order chi connectivity index (χ1) is 8.61. The van der Waals surface area contributed by atoms with Crippen molar-refractivity contribution in [3.8, 4) is 0 Å². The highest BCUT2D eigenvalue weighted by molar-refractivity contribution is 9.10. The standard InChI is InChI=1S/C13H18BrN3O/c1-16-9-13(18)17(8-12(16)6-7-15)11-4-2-10(14)3-5-11/h2-5,12H,6-9,15H2,1H3. The molecule has 5 heteroatoms. The Hall–Kier alpha value is -0.910. The number of likely N-dealkylation sites (N-methyl/N-ethyl adjacent to an activating group) is 1. The van der Waals surface area contributed by atoms with Crippen LogP contribution < -0.4 is 10.6 Å². The second-order valence-corrected chi connectivity index (χ2v) is 5.54. The van der Waals surface area contributed by atoms with E-state index in [-0.39, 0.29) is 5.91 Å². The Morgan fingerprint density at radius 2 is 2.06 bits per heavy atom. The van der Waals surface area contributed by atoms with Gasteiger partial charge in [0.25, 0.3) is 0 Å². The summed E-state index contributed by atoms with van der Waals surface area (Å²) in [5.74, 6) is 0.146. The van der Waals surface area contributed by atoms with E-state index in [0.717, 1.165) is 16.6 Å². The fraction of sp³-hybridized carbons (Fsp3) is 0.462. The fourth-order valence-corrected chi connectivity index (χ4v) is 2.52. The van der Waals surface area contributed by atoms with Crippen LogP contribution in [0, 0.1) is 0 Å². The van der Waals surface area contributed by atoms with Gasteiger partial charge in [-0.1, -0.05) is 15.9 Å². The molecule has 0 bridgehead atoms. The van der Waals surface area contributed by atoms with Gasteiger partial charge in [-0.15, -0.1) is 0 Å². The maximum Gasteiger partial charge on any atom is 0.241 e. The van der Waals surface area contributed by atoms with Gasteiger partial charge in [0.2, 0.25) is 5.91 Å². The van der Waals surface area contributed by atoms with Crippen molar-refractivity contribution in [1.29, 1.82) is 0 Å². The molecule has 1 unspecified atom stereocenters. The number of piperazine rings is 1. The van der Waals surface area contributed by atoms with Crippen LogP contribution in [0.2, 0.25) is 0 Å². The maximum atomic E-state index is 12.1. The van der Waals surface area contributed by atoms with Crippen LogP contribution in [0.25, 0.3) is 0 Å². The zero-order valence-electron chi connectivity index (χ0n) is 10.5. The average Bonchev–Trinajstić information content (AvgIpc) is 2.34. The van der Waals surface area contributed by atoms with Crippen molar-refractivity contribution in [3.05, 3.63) is 28.7 Å². The highest BCUT2D eigenvalue weighted by Crippen LogP contribution is 2.22. The molecule has 1 aliphatic heterocycles. The summed E-state index contributed by atoms with van der Waals surface area (Å²) >= 11 is 3.40. The lowest BCUT2D eigenvalue weighted by Crippen LogP contribution is -2.55. The number of nitrogens with two attached hydrogens (primary N) is 1. The molecule has 1 aromatic carbocycles. The molecule has 18 heavy (non-hydrogen) atoms. The van der Waals surface area contributed by atoms with Crippen LogP contribution in [0.15, 0.2) is 28.7 Å². The molecule has 1 aromatic rings. The van der Waals surface area contributed by atoms with Crippen molar-refractivity contribution < 1.29 is 4.79 Å². The van der Waals surface area contributed by atoms with Crippen molar-refractivity contribution in [3.63, 3.8) is 0 Å². The summed E-state index contributed by atoms with van der Waals surface area (Å²) in [7, 11) is 1.98. The molecule has 1 fully saturated rings. The van der Waals surface area contributed by atoms with Gasteiger partial charge in [-0.2, -0.15) is 0 Å². The molecule has 4 nitrogen and oxygen atoms in total. The number of benzene rings is 1. The van der Waals surface area contributed by atoms with Gasteiger partial charge in [-0.3, -0.25) is 9.69 Å². The molecule has 98 valence electrons. The van der Waals surface area contributed by atoms with E-state index in [4.69, 9.17) is 5.73 Å². The van der Waals surface area contributed by atoms with Crippen LogP contribution in [0.1, 0.15) is 6.42 Å². The van der Waals surface area contributed by atoms with Crippen molar-refractivity contribution in [2.75, 3.05) is 31.6 Å². The molecular formula is C13H18BrN3O. The molecule has 0 aromatic heterocycles. The molecule has 1 aliphatic rings. The maximum absolute atomic E-state index is 12.1. The van der Waals surface area contributed by atoms with E-state index in [9.17, 15) is 4.79 Å². The number of anilines is 1. The first-order valence-electron chi connectivity index (χ1n) is 6.08. The van der Waals surface area contributed by atoms with Crippen LogP contribution >= 0.6 is 15.9 Å². The zero-order chi connectivity index (χ0) is 13.1. The summed E-state index contributed by atoms with van der Waals surface area (Å²) in [4.78, 5) is 16.0.